The predicted octanol–water partition coefficient (Wildman–Crippen LogP) is -1.25. The van der Waals surface area contributed by atoms with Crippen LogP contribution in [-0.4, -0.2) is 67.3 Å². The highest BCUT2D eigenvalue weighted by Crippen LogP contribution is 2.29. The van der Waals surface area contributed by atoms with E-state index in [1.54, 1.807) is 0 Å². The Kier molecular flexibility index (Phi) is 13.9. The number of rotatable bonds is 5. The maximum atomic E-state index is 6.17. The van der Waals surface area contributed by atoms with Crippen molar-refractivity contribution in [1.29, 1.82) is 0 Å². The molecule has 9 heteroatoms. The van der Waals surface area contributed by atoms with Gasteiger partial charge < -0.3 is 47.9 Å². The molecule has 0 amide bonds. The minimum absolute atomic E-state index is 0. The van der Waals surface area contributed by atoms with E-state index in [4.69, 9.17) is 10.5 Å². The van der Waals surface area contributed by atoms with Gasteiger partial charge in [0.2, 0.25) is 0 Å². The van der Waals surface area contributed by atoms with E-state index in [9.17, 15) is 0 Å². The maximum absolute atomic E-state index is 6.17. The van der Waals surface area contributed by atoms with Gasteiger partial charge in [0.25, 0.3) is 0 Å². The summed E-state index contributed by atoms with van der Waals surface area (Å²) in [5, 5.41) is 6.88. The number of nitrogens with zero attached hydrogens (tertiary/aromatic N) is 1. The van der Waals surface area contributed by atoms with Crippen molar-refractivity contribution in [3.63, 3.8) is 0 Å². The Morgan fingerprint density at radius 3 is 2.50 bits per heavy atom. The smallest absolute Gasteiger partial charge is 0.0716 e. The van der Waals surface area contributed by atoms with Gasteiger partial charge in [0.15, 0.2) is 0 Å². The Balaban J connectivity index is 0. The molecule has 0 radical (unpaired) electrons. The van der Waals surface area contributed by atoms with Crippen LogP contribution in [0.5, 0.6) is 0 Å². The van der Waals surface area contributed by atoms with E-state index in [-0.39, 0.29) is 21.9 Å². The SMILES string of the molecule is Nc1ccc(NCCC2CNCCO2)cc1N1CCCCC1.O.O.O.O. The first-order valence-electron chi connectivity index (χ1n) is 8.53. The van der Waals surface area contributed by atoms with Crippen LogP contribution >= 0.6 is 0 Å². The third-order valence-corrected chi connectivity index (χ3v) is 4.53. The molecular formula is C17H36N4O5. The normalized spacial score (nSPS) is 19.1. The fraction of sp³-hybridized carbons (Fsp3) is 0.647. The van der Waals surface area contributed by atoms with E-state index >= 15 is 0 Å². The van der Waals surface area contributed by atoms with Gasteiger partial charge >= 0.3 is 0 Å². The van der Waals surface area contributed by atoms with Crippen LogP contribution in [0.25, 0.3) is 0 Å². The van der Waals surface area contributed by atoms with Crippen molar-refractivity contribution in [3.05, 3.63) is 18.2 Å². The largest absolute Gasteiger partial charge is 0.412 e. The average Bonchev–Trinajstić information content (AvgIpc) is 2.58. The molecule has 2 aliphatic rings. The molecule has 1 aromatic rings. The van der Waals surface area contributed by atoms with Gasteiger partial charge in [0.1, 0.15) is 0 Å². The summed E-state index contributed by atoms with van der Waals surface area (Å²) in [6.45, 7) is 5.93. The minimum atomic E-state index is 0. The van der Waals surface area contributed by atoms with Crippen LogP contribution < -0.4 is 21.3 Å². The summed E-state index contributed by atoms with van der Waals surface area (Å²) in [7, 11) is 0. The van der Waals surface area contributed by atoms with E-state index in [1.165, 1.54) is 24.9 Å². The van der Waals surface area contributed by atoms with Gasteiger partial charge in [-0.3, -0.25) is 0 Å². The first kappa shape index (κ1) is 26.6. The molecule has 1 atom stereocenters. The van der Waals surface area contributed by atoms with Crippen molar-refractivity contribution in [2.24, 2.45) is 0 Å². The molecule has 9 nitrogen and oxygen atoms in total. The highest BCUT2D eigenvalue weighted by atomic mass is 16.5. The fourth-order valence-electron chi connectivity index (χ4n) is 3.24. The molecule has 0 aliphatic carbocycles. The third-order valence-electron chi connectivity index (χ3n) is 4.53. The Morgan fingerprint density at radius 2 is 1.85 bits per heavy atom. The van der Waals surface area contributed by atoms with Gasteiger partial charge in [0.05, 0.1) is 24.1 Å². The topological polar surface area (TPSA) is 189 Å². The highest BCUT2D eigenvalue weighted by molar-refractivity contribution is 5.73. The zero-order valence-electron chi connectivity index (χ0n) is 15.3. The van der Waals surface area contributed by atoms with Gasteiger partial charge in [-0.1, -0.05) is 0 Å². The first-order chi connectivity index (χ1) is 10.8. The summed E-state index contributed by atoms with van der Waals surface area (Å²) in [6.07, 6.45) is 5.23. The lowest BCUT2D eigenvalue weighted by molar-refractivity contribution is 0.0258. The second kappa shape index (κ2) is 13.6. The van der Waals surface area contributed by atoms with Crippen molar-refractivity contribution in [2.45, 2.75) is 31.8 Å². The Labute approximate surface area is 155 Å². The molecule has 2 saturated heterocycles. The van der Waals surface area contributed by atoms with Crippen LogP contribution in [0, 0.1) is 0 Å². The van der Waals surface area contributed by atoms with E-state index in [1.807, 2.05) is 6.07 Å². The van der Waals surface area contributed by atoms with Gasteiger partial charge in [-0.2, -0.15) is 0 Å². The lowest BCUT2D eigenvalue weighted by Crippen LogP contribution is -2.39. The zero-order valence-corrected chi connectivity index (χ0v) is 15.3. The Morgan fingerprint density at radius 1 is 1.12 bits per heavy atom. The molecule has 154 valence electrons. The summed E-state index contributed by atoms with van der Waals surface area (Å²) >= 11 is 0. The number of hydrogen-bond donors (Lipinski definition) is 3. The molecule has 1 aromatic carbocycles. The fourth-order valence-corrected chi connectivity index (χ4v) is 3.24. The lowest BCUT2D eigenvalue weighted by atomic mass is 10.1. The molecular weight excluding hydrogens is 340 g/mol. The summed E-state index contributed by atoms with van der Waals surface area (Å²) < 4.78 is 5.72. The molecule has 0 bridgehead atoms. The number of piperidine rings is 1. The predicted molar refractivity (Wildman–Crippen MR) is 107 cm³/mol. The number of nitrogen functional groups attached to an aromatic ring is 1. The van der Waals surface area contributed by atoms with E-state index < -0.39 is 0 Å². The van der Waals surface area contributed by atoms with Crippen LogP contribution in [0.4, 0.5) is 17.1 Å². The van der Waals surface area contributed by atoms with Crippen molar-refractivity contribution in [3.8, 4) is 0 Å². The van der Waals surface area contributed by atoms with E-state index in [0.29, 0.717) is 6.10 Å². The van der Waals surface area contributed by atoms with Gasteiger partial charge in [-0.05, 0) is 43.9 Å². The monoisotopic (exact) mass is 376 g/mol. The number of morpholine rings is 1. The number of ether oxygens (including phenoxy) is 1. The maximum Gasteiger partial charge on any atom is 0.0716 e. The lowest BCUT2D eigenvalue weighted by Gasteiger charge is -2.30. The van der Waals surface area contributed by atoms with Gasteiger partial charge in [-0.25, -0.2) is 0 Å². The molecule has 1 unspecified atom stereocenters. The number of nitrogens with two attached hydrogens (primary N) is 1. The van der Waals surface area contributed by atoms with Crippen molar-refractivity contribution in [1.82, 2.24) is 5.32 Å². The molecule has 26 heavy (non-hydrogen) atoms. The molecule has 2 heterocycles. The Bertz CT molecular complexity index is 480. The van der Waals surface area contributed by atoms with Gasteiger partial charge in [-0.15, -0.1) is 0 Å². The summed E-state index contributed by atoms with van der Waals surface area (Å²) in [5.74, 6) is 0. The van der Waals surface area contributed by atoms with Crippen molar-refractivity contribution >= 4 is 17.1 Å². The summed E-state index contributed by atoms with van der Waals surface area (Å²) in [6, 6.07) is 6.29. The number of benzene rings is 1. The minimum Gasteiger partial charge on any atom is -0.412 e. The van der Waals surface area contributed by atoms with Crippen LogP contribution in [-0.2, 0) is 4.74 Å². The average molecular weight is 376 g/mol. The summed E-state index contributed by atoms with van der Waals surface area (Å²) in [5.41, 5.74) is 9.38. The quantitative estimate of drug-likeness (QED) is 0.540. The van der Waals surface area contributed by atoms with Crippen LogP contribution in [0.1, 0.15) is 25.7 Å². The highest BCUT2D eigenvalue weighted by Gasteiger charge is 2.15. The zero-order chi connectivity index (χ0) is 15.2. The summed E-state index contributed by atoms with van der Waals surface area (Å²) in [4.78, 5) is 2.41. The second-order valence-corrected chi connectivity index (χ2v) is 6.23. The van der Waals surface area contributed by atoms with E-state index in [2.05, 4.69) is 27.7 Å². The van der Waals surface area contributed by atoms with Gasteiger partial charge in [0, 0.05) is 38.4 Å². The number of anilines is 3. The molecule has 12 N–H and O–H groups in total. The number of hydrogen-bond acceptors (Lipinski definition) is 5. The molecule has 2 fully saturated rings. The van der Waals surface area contributed by atoms with Crippen LogP contribution in [0.3, 0.4) is 0 Å². The standard InChI is InChI=1S/C17H28N4O.4H2O/c18-16-5-4-14(12-17(16)21-9-2-1-3-10-21)20-7-6-15-13-19-8-11-22-15;;;;/h4-5,12,15,19-20H,1-3,6-11,13,18H2;4*1H2. The van der Waals surface area contributed by atoms with E-state index in [0.717, 1.165) is 57.1 Å². The number of nitrogens with one attached hydrogen (secondary N) is 2. The van der Waals surface area contributed by atoms with Crippen LogP contribution in [0.2, 0.25) is 0 Å². The third kappa shape index (κ3) is 7.32. The molecule has 0 aromatic heterocycles. The molecule has 2 aliphatic heterocycles. The first-order valence-corrected chi connectivity index (χ1v) is 8.53. The molecule has 0 saturated carbocycles. The molecule has 3 rings (SSSR count). The van der Waals surface area contributed by atoms with Crippen LogP contribution in [0.15, 0.2) is 18.2 Å². The Hall–Kier alpha value is -1.62. The van der Waals surface area contributed by atoms with Crippen molar-refractivity contribution in [2.75, 3.05) is 55.3 Å². The molecule has 0 spiro atoms. The van der Waals surface area contributed by atoms with Crippen molar-refractivity contribution < 1.29 is 26.6 Å². The second-order valence-electron chi connectivity index (χ2n) is 6.23.